The van der Waals surface area contributed by atoms with Gasteiger partial charge in [0.25, 0.3) is 0 Å². The number of anilines is 1. The minimum Gasteiger partial charge on any atom is -0.337 e. The number of para-hydroxylation sites is 1. The largest absolute Gasteiger partial charge is 0.337 e. The van der Waals surface area contributed by atoms with Crippen molar-refractivity contribution in [3.05, 3.63) is 102 Å². The molecular weight excluding hydrogens is 308 g/mol. The molecule has 0 aliphatic rings. The second-order valence-corrected chi connectivity index (χ2v) is 6.02. The SMILES string of the molecule is Cc1ccccc1NC(=O)NCC(c1ccccc1)c1ccccc1. The minimum atomic E-state index is -0.189. The van der Waals surface area contributed by atoms with E-state index in [1.54, 1.807) is 0 Å². The molecule has 0 spiro atoms. The summed E-state index contributed by atoms with van der Waals surface area (Å²) in [7, 11) is 0. The molecule has 3 nitrogen and oxygen atoms in total. The predicted octanol–water partition coefficient (Wildman–Crippen LogP) is 4.95. The first kappa shape index (κ1) is 16.8. The summed E-state index contributed by atoms with van der Waals surface area (Å²) >= 11 is 0. The molecule has 0 bridgehead atoms. The highest BCUT2D eigenvalue weighted by molar-refractivity contribution is 5.90. The van der Waals surface area contributed by atoms with E-state index in [-0.39, 0.29) is 11.9 Å². The lowest BCUT2D eigenvalue weighted by molar-refractivity contribution is 0.252. The Morgan fingerprint density at radius 2 is 1.32 bits per heavy atom. The number of aryl methyl sites for hydroxylation is 1. The first-order valence-corrected chi connectivity index (χ1v) is 8.44. The van der Waals surface area contributed by atoms with Gasteiger partial charge >= 0.3 is 6.03 Å². The Hall–Kier alpha value is -3.07. The molecule has 25 heavy (non-hydrogen) atoms. The van der Waals surface area contributed by atoms with E-state index in [1.807, 2.05) is 67.6 Å². The average Bonchev–Trinajstić information content (AvgIpc) is 2.66. The van der Waals surface area contributed by atoms with Crippen molar-refractivity contribution in [2.75, 3.05) is 11.9 Å². The molecule has 0 aromatic heterocycles. The fourth-order valence-corrected chi connectivity index (χ4v) is 2.87. The Morgan fingerprint density at radius 3 is 1.88 bits per heavy atom. The standard InChI is InChI=1S/C22H22N2O/c1-17-10-8-9-15-21(17)24-22(25)23-16-20(18-11-4-2-5-12-18)19-13-6-3-7-14-19/h2-15,20H,16H2,1H3,(H2,23,24,25). The number of hydrogen-bond donors (Lipinski definition) is 2. The lowest BCUT2D eigenvalue weighted by atomic mass is 9.91. The number of carbonyl (C=O) groups excluding carboxylic acids is 1. The maximum atomic E-state index is 12.3. The van der Waals surface area contributed by atoms with Crippen molar-refractivity contribution in [3.8, 4) is 0 Å². The summed E-state index contributed by atoms with van der Waals surface area (Å²) in [6, 6.07) is 28.1. The minimum absolute atomic E-state index is 0.116. The second-order valence-electron chi connectivity index (χ2n) is 6.02. The van der Waals surface area contributed by atoms with Gasteiger partial charge in [-0.2, -0.15) is 0 Å². The summed E-state index contributed by atoms with van der Waals surface area (Å²) in [5.74, 6) is 0.116. The third-order valence-electron chi connectivity index (χ3n) is 4.26. The molecule has 3 heteroatoms. The van der Waals surface area contributed by atoms with Crippen LogP contribution in [0.25, 0.3) is 0 Å². The maximum absolute atomic E-state index is 12.3. The molecular formula is C22H22N2O. The molecule has 0 aliphatic carbocycles. The summed E-state index contributed by atoms with van der Waals surface area (Å²) in [4.78, 5) is 12.3. The molecule has 3 aromatic carbocycles. The Bertz CT molecular complexity index is 776. The van der Waals surface area contributed by atoms with Crippen molar-refractivity contribution in [2.45, 2.75) is 12.8 Å². The zero-order valence-corrected chi connectivity index (χ0v) is 14.3. The van der Waals surface area contributed by atoms with Gasteiger partial charge in [0.1, 0.15) is 0 Å². The molecule has 0 aliphatic heterocycles. The number of rotatable bonds is 5. The monoisotopic (exact) mass is 330 g/mol. The summed E-state index contributed by atoms with van der Waals surface area (Å²) in [5, 5.41) is 5.92. The van der Waals surface area contributed by atoms with Gasteiger partial charge in [-0.05, 0) is 29.7 Å². The van der Waals surface area contributed by atoms with Crippen LogP contribution >= 0.6 is 0 Å². The molecule has 2 N–H and O–H groups in total. The fraction of sp³-hybridized carbons (Fsp3) is 0.136. The lowest BCUT2D eigenvalue weighted by Crippen LogP contribution is -2.33. The van der Waals surface area contributed by atoms with Crippen molar-refractivity contribution in [3.63, 3.8) is 0 Å². The summed E-state index contributed by atoms with van der Waals surface area (Å²) in [6.45, 7) is 2.51. The van der Waals surface area contributed by atoms with E-state index < -0.39 is 0 Å². The highest BCUT2D eigenvalue weighted by Gasteiger charge is 2.15. The van der Waals surface area contributed by atoms with Gasteiger partial charge < -0.3 is 10.6 Å². The van der Waals surface area contributed by atoms with E-state index >= 15 is 0 Å². The Kier molecular flexibility index (Phi) is 5.47. The predicted molar refractivity (Wildman–Crippen MR) is 103 cm³/mol. The van der Waals surface area contributed by atoms with Crippen molar-refractivity contribution >= 4 is 11.7 Å². The van der Waals surface area contributed by atoms with Crippen molar-refractivity contribution in [1.29, 1.82) is 0 Å². The molecule has 0 fully saturated rings. The van der Waals surface area contributed by atoms with Gasteiger partial charge in [-0.25, -0.2) is 4.79 Å². The van der Waals surface area contributed by atoms with Crippen LogP contribution in [0.5, 0.6) is 0 Å². The molecule has 126 valence electrons. The Balaban J connectivity index is 1.71. The Morgan fingerprint density at radius 1 is 0.800 bits per heavy atom. The van der Waals surface area contributed by atoms with Crippen molar-refractivity contribution in [1.82, 2.24) is 5.32 Å². The number of urea groups is 1. The number of carbonyl (C=O) groups is 1. The van der Waals surface area contributed by atoms with Gasteiger partial charge in [-0.1, -0.05) is 78.9 Å². The van der Waals surface area contributed by atoms with Crippen LogP contribution in [-0.2, 0) is 0 Å². The topological polar surface area (TPSA) is 41.1 Å². The third kappa shape index (κ3) is 4.48. The molecule has 0 radical (unpaired) electrons. The van der Waals surface area contributed by atoms with E-state index in [0.29, 0.717) is 6.54 Å². The van der Waals surface area contributed by atoms with Crippen LogP contribution in [0.1, 0.15) is 22.6 Å². The molecule has 0 saturated carbocycles. The van der Waals surface area contributed by atoms with Crippen molar-refractivity contribution < 1.29 is 4.79 Å². The molecule has 3 aromatic rings. The van der Waals surface area contributed by atoms with Gasteiger partial charge in [0.2, 0.25) is 0 Å². The summed E-state index contributed by atoms with van der Waals surface area (Å²) < 4.78 is 0. The van der Waals surface area contributed by atoms with Gasteiger partial charge in [-0.3, -0.25) is 0 Å². The first-order valence-electron chi connectivity index (χ1n) is 8.44. The maximum Gasteiger partial charge on any atom is 0.319 e. The molecule has 0 heterocycles. The normalized spacial score (nSPS) is 10.5. The van der Waals surface area contributed by atoms with Gasteiger partial charge in [0.05, 0.1) is 0 Å². The smallest absolute Gasteiger partial charge is 0.319 e. The number of hydrogen-bond acceptors (Lipinski definition) is 1. The third-order valence-corrected chi connectivity index (χ3v) is 4.26. The van der Waals surface area contributed by atoms with Crippen LogP contribution < -0.4 is 10.6 Å². The highest BCUT2D eigenvalue weighted by atomic mass is 16.2. The quantitative estimate of drug-likeness (QED) is 0.683. The summed E-state index contributed by atoms with van der Waals surface area (Å²) in [6.07, 6.45) is 0. The van der Waals surface area contributed by atoms with Crippen LogP contribution in [0.4, 0.5) is 10.5 Å². The number of amides is 2. The van der Waals surface area contributed by atoms with Crippen LogP contribution in [0, 0.1) is 6.92 Å². The number of nitrogens with one attached hydrogen (secondary N) is 2. The van der Waals surface area contributed by atoms with Gasteiger partial charge in [0, 0.05) is 18.2 Å². The number of benzene rings is 3. The second kappa shape index (κ2) is 8.15. The first-order chi connectivity index (χ1) is 12.2. The van der Waals surface area contributed by atoms with Gasteiger partial charge in [0.15, 0.2) is 0 Å². The average molecular weight is 330 g/mol. The zero-order valence-electron chi connectivity index (χ0n) is 14.3. The van der Waals surface area contributed by atoms with E-state index in [0.717, 1.165) is 11.3 Å². The molecule has 0 saturated heterocycles. The van der Waals surface area contributed by atoms with E-state index in [4.69, 9.17) is 0 Å². The van der Waals surface area contributed by atoms with Crippen LogP contribution in [0.2, 0.25) is 0 Å². The van der Waals surface area contributed by atoms with Crippen LogP contribution in [-0.4, -0.2) is 12.6 Å². The molecule has 3 rings (SSSR count). The van der Waals surface area contributed by atoms with Crippen LogP contribution in [0.3, 0.4) is 0 Å². The Labute approximate surface area is 148 Å². The van der Waals surface area contributed by atoms with Gasteiger partial charge in [-0.15, -0.1) is 0 Å². The fourth-order valence-electron chi connectivity index (χ4n) is 2.87. The summed E-state index contributed by atoms with van der Waals surface area (Å²) in [5.41, 5.74) is 4.24. The van der Waals surface area contributed by atoms with Crippen molar-refractivity contribution in [2.24, 2.45) is 0 Å². The molecule has 0 unspecified atom stereocenters. The molecule has 2 amide bonds. The molecule has 0 atom stereocenters. The van der Waals surface area contributed by atoms with E-state index in [2.05, 4.69) is 34.9 Å². The van der Waals surface area contributed by atoms with E-state index in [9.17, 15) is 4.79 Å². The zero-order chi connectivity index (χ0) is 17.5. The highest BCUT2D eigenvalue weighted by Crippen LogP contribution is 2.23. The van der Waals surface area contributed by atoms with E-state index in [1.165, 1.54) is 11.1 Å². The van der Waals surface area contributed by atoms with Crippen LogP contribution in [0.15, 0.2) is 84.9 Å². The lowest BCUT2D eigenvalue weighted by Gasteiger charge is -2.19.